The molecule has 28 heavy (non-hydrogen) atoms. The highest BCUT2D eigenvalue weighted by molar-refractivity contribution is 7.90. The number of likely N-dealkylation sites (tertiary alicyclic amines) is 1. The fraction of sp³-hybridized carbons (Fsp3) is 0.889. The van der Waals surface area contributed by atoms with Crippen LogP contribution in [0.4, 0.5) is 0 Å². The van der Waals surface area contributed by atoms with Crippen LogP contribution in [0.5, 0.6) is 0 Å². The number of carbonyl (C=O) groups excluding carboxylic acids is 1. The zero-order valence-electron chi connectivity index (χ0n) is 17.2. The summed E-state index contributed by atoms with van der Waals surface area (Å²) in [6.45, 7) is 6.85. The normalized spacial score (nSPS) is 19.7. The molecule has 2 heterocycles. The maximum absolute atomic E-state index is 12.4. The fourth-order valence-electron chi connectivity index (χ4n) is 3.43. The summed E-state index contributed by atoms with van der Waals surface area (Å²) < 4.78 is 27.5. The average Bonchev–Trinajstić information content (AvgIpc) is 2.68. The van der Waals surface area contributed by atoms with Gasteiger partial charge in [-0.3, -0.25) is 14.7 Å². The second-order valence-corrected chi connectivity index (χ2v) is 9.68. The molecule has 0 aliphatic carbocycles. The Morgan fingerprint density at radius 1 is 1.00 bits per heavy atom. The van der Waals surface area contributed by atoms with E-state index in [1.807, 2.05) is 4.90 Å². The minimum absolute atomic E-state index is 0.0415. The van der Waals surface area contributed by atoms with Crippen LogP contribution in [0.15, 0.2) is 4.99 Å². The van der Waals surface area contributed by atoms with Gasteiger partial charge in [-0.1, -0.05) is 0 Å². The first-order valence-electron chi connectivity index (χ1n) is 10.1. The third kappa shape index (κ3) is 8.32. The van der Waals surface area contributed by atoms with Crippen LogP contribution in [0.1, 0.15) is 19.3 Å². The van der Waals surface area contributed by atoms with Gasteiger partial charge in [0.15, 0.2) is 5.96 Å². The van der Waals surface area contributed by atoms with E-state index in [-0.39, 0.29) is 18.3 Å². The number of ether oxygens (including phenoxy) is 1. The Bertz CT molecular complexity index is 611. The van der Waals surface area contributed by atoms with Crippen molar-refractivity contribution in [3.05, 3.63) is 0 Å². The lowest BCUT2D eigenvalue weighted by Crippen LogP contribution is -2.54. The van der Waals surface area contributed by atoms with E-state index in [1.54, 1.807) is 7.05 Å². The Morgan fingerprint density at radius 2 is 1.68 bits per heavy atom. The Morgan fingerprint density at radius 3 is 2.29 bits per heavy atom. The van der Waals surface area contributed by atoms with Gasteiger partial charge in [-0.2, -0.15) is 0 Å². The van der Waals surface area contributed by atoms with Crippen LogP contribution in [0.2, 0.25) is 0 Å². The molecule has 2 saturated heterocycles. The molecule has 2 fully saturated rings. The Hall–Kier alpha value is -1.39. The van der Waals surface area contributed by atoms with E-state index in [9.17, 15) is 13.2 Å². The lowest BCUT2D eigenvalue weighted by atomic mass is 10.1. The highest BCUT2D eigenvalue weighted by Crippen LogP contribution is 2.10. The summed E-state index contributed by atoms with van der Waals surface area (Å²) in [6.07, 6.45) is 4.69. The van der Waals surface area contributed by atoms with E-state index in [0.717, 1.165) is 58.1 Å². The van der Waals surface area contributed by atoms with Crippen LogP contribution in [0, 0.1) is 0 Å². The molecule has 162 valence electrons. The summed E-state index contributed by atoms with van der Waals surface area (Å²) in [6, 6.07) is 0. The summed E-state index contributed by atoms with van der Waals surface area (Å²) in [5.74, 6) is 1.11. The number of piperidine rings is 1. The summed E-state index contributed by atoms with van der Waals surface area (Å²) >= 11 is 0. The molecule has 2 aliphatic rings. The summed E-state index contributed by atoms with van der Waals surface area (Å²) in [5, 5.41) is 3.25. The lowest BCUT2D eigenvalue weighted by Gasteiger charge is -2.37. The van der Waals surface area contributed by atoms with E-state index >= 15 is 0 Å². The minimum Gasteiger partial charge on any atom is -0.379 e. The molecular formula is C18H35N5O4S. The molecule has 0 aromatic heterocycles. The maximum Gasteiger partial charge on any atom is 0.236 e. The van der Waals surface area contributed by atoms with Crippen LogP contribution in [0.3, 0.4) is 0 Å². The SMILES string of the molecule is CN=C(NCCOCCS(C)(=O)=O)N1CCN(CC(=O)N2CCCCC2)CC1. The average molecular weight is 418 g/mol. The lowest BCUT2D eigenvalue weighted by molar-refractivity contribution is -0.133. The molecule has 0 saturated carbocycles. The standard InChI is InChI=1S/C18H35N5O4S/c1-19-18(20-6-13-27-14-15-28(2,25)26)23-11-9-21(10-12-23)16-17(24)22-7-4-3-5-8-22/h3-16H2,1-2H3,(H,19,20). The van der Waals surface area contributed by atoms with Crippen molar-refractivity contribution in [1.82, 2.24) is 20.0 Å². The molecule has 1 N–H and O–H groups in total. The van der Waals surface area contributed by atoms with Crippen molar-refractivity contribution in [2.45, 2.75) is 19.3 Å². The molecule has 0 spiro atoms. The molecule has 0 atom stereocenters. The van der Waals surface area contributed by atoms with Crippen LogP contribution in [-0.4, -0.2) is 120 Å². The molecule has 0 bridgehead atoms. The number of aliphatic imine (C=N–C) groups is 1. The van der Waals surface area contributed by atoms with Crippen LogP contribution < -0.4 is 5.32 Å². The van der Waals surface area contributed by atoms with Crippen molar-refractivity contribution >= 4 is 21.7 Å². The van der Waals surface area contributed by atoms with Crippen LogP contribution >= 0.6 is 0 Å². The number of guanidine groups is 1. The van der Waals surface area contributed by atoms with Gasteiger partial charge in [0.05, 0.1) is 25.5 Å². The third-order valence-electron chi connectivity index (χ3n) is 5.08. The van der Waals surface area contributed by atoms with Crippen molar-refractivity contribution < 1.29 is 17.9 Å². The van der Waals surface area contributed by atoms with Crippen LogP contribution in [0.25, 0.3) is 0 Å². The first-order valence-corrected chi connectivity index (χ1v) is 12.2. The summed E-state index contributed by atoms with van der Waals surface area (Å²) in [7, 11) is -1.23. The van der Waals surface area contributed by atoms with Crippen molar-refractivity contribution in [3.63, 3.8) is 0 Å². The van der Waals surface area contributed by atoms with Gasteiger partial charge in [0.25, 0.3) is 0 Å². The van der Waals surface area contributed by atoms with Gasteiger partial charge in [-0.25, -0.2) is 8.42 Å². The number of sulfone groups is 1. The predicted molar refractivity (Wildman–Crippen MR) is 110 cm³/mol. The van der Waals surface area contributed by atoms with E-state index in [4.69, 9.17) is 4.74 Å². The topological polar surface area (TPSA) is 94.5 Å². The molecule has 0 radical (unpaired) electrons. The predicted octanol–water partition coefficient (Wildman–Crippen LogP) is -0.747. The van der Waals surface area contributed by atoms with Gasteiger partial charge in [-0.05, 0) is 19.3 Å². The third-order valence-corrected chi connectivity index (χ3v) is 5.99. The van der Waals surface area contributed by atoms with Gasteiger partial charge in [0.2, 0.25) is 5.91 Å². The highest BCUT2D eigenvalue weighted by atomic mass is 32.2. The molecular weight excluding hydrogens is 382 g/mol. The molecule has 2 rings (SSSR count). The molecule has 2 aliphatic heterocycles. The second-order valence-electron chi connectivity index (χ2n) is 7.42. The van der Waals surface area contributed by atoms with E-state index in [0.29, 0.717) is 19.7 Å². The van der Waals surface area contributed by atoms with Gasteiger partial charge in [-0.15, -0.1) is 0 Å². The van der Waals surface area contributed by atoms with Gasteiger partial charge >= 0.3 is 0 Å². The van der Waals surface area contributed by atoms with Gasteiger partial charge < -0.3 is 19.9 Å². The Labute approximate surface area is 169 Å². The first-order chi connectivity index (χ1) is 13.4. The number of carbonyl (C=O) groups is 1. The van der Waals surface area contributed by atoms with Crippen molar-refractivity contribution in [3.8, 4) is 0 Å². The Kier molecular flexibility index (Phi) is 9.46. The molecule has 10 heteroatoms. The number of piperazine rings is 1. The van der Waals surface area contributed by atoms with Crippen molar-refractivity contribution in [1.29, 1.82) is 0 Å². The summed E-state index contributed by atoms with van der Waals surface area (Å²) in [4.78, 5) is 23.1. The monoisotopic (exact) mass is 417 g/mol. The zero-order chi connectivity index (χ0) is 20.4. The van der Waals surface area contributed by atoms with Gasteiger partial charge in [0, 0.05) is 59.1 Å². The Balaban J connectivity index is 1.63. The largest absolute Gasteiger partial charge is 0.379 e. The maximum atomic E-state index is 12.4. The number of nitrogens with one attached hydrogen (secondary N) is 1. The molecule has 0 aromatic rings. The fourth-order valence-corrected chi connectivity index (χ4v) is 3.85. The highest BCUT2D eigenvalue weighted by Gasteiger charge is 2.23. The van der Waals surface area contributed by atoms with Crippen molar-refractivity contribution in [2.75, 3.05) is 84.6 Å². The number of hydrogen-bond acceptors (Lipinski definition) is 6. The molecule has 9 nitrogen and oxygen atoms in total. The number of nitrogens with zero attached hydrogens (tertiary/aromatic N) is 4. The second kappa shape index (κ2) is 11.6. The van der Waals surface area contributed by atoms with E-state index in [1.165, 1.54) is 12.7 Å². The molecule has 1 amide bonds. The minimum atomic E-state index is -2.98. The molecule has 0 unspecified atom stereocenters. The zero-order valence-corrected chi connectivity index (χ0v) is 18.0. The van der Waals surface area contributed by atoms with E-state index < -0.39 is 9.84 Å². The van der Waals surface area contributed by atoms with Gasteiger partial charge in [0.1, 0.15) is 9.84 Å². The first kappa shape index (κ1) is 22.9. The summed E-state index contributed by atoms with van der Waals surface area (Å²) in [5.41, 5.74) is 0. The number of rotatable bonds is 8. The smallest absolute Gasteiger partial charge is 0.236 e. The van der Waals surface area contributed by atoms with E-state index in [2.05, 4.69) is 20.1 Å². The van der Waals surface area contributed by atoms with Crippen LogP contribution in [-0.2, 0) is 19.4 Å². The molecule has 0 aromatic carbocycles. The number of amides is 1. The van der Waals surface area contributed by atoms with Crippen molar-refractivity contribution in [2.24, 2.45) is 4.99 Å². The number of hydrogen-bond donors (Lipinski definition) is 1. The quantitative estimate of drug-likeness (QED) is 0.316.